The monoisotopic (exact) mass is 795 g/mol. The number of unbranched alkanes of at least 4 members (excludes halogenated alkanes) is 12. The van der Waals surface area contributed by atoms with Crippen molar-refractivity contribution in [3.63, 3.8) is 0 Å². The molecule has 0 aliphatic carbocycles. The van der Waals surface area contributed by atoms with Crippen LogP contribution in [0.15, 0.2) is 133 Å². The Morgan fingerprint density at radius 3 is 1.02 bits per heavy atom. The number of benzene rings is 7. The van der Waals surface area contributed by atoms with Crippen LogP contribution in [0.1, 0.15) is 126 Å². The number of fused-ring (bicyclic) bond motifs is 2. The average molecular weight is 795 g/mol. The normalized spacial score (nSPS) is 11.4. The van der Waals surface area contributed by atoms with Crippen molar-refractivity contribution in [2.45, 2.75) is 130 Å². The molecule has 0 aliphatic heterocycles. The molecule has 0 atom stereocenters. The van der Waals surface area contributed by atoms with Gasteiger partial charge in [-0.2, -0.15) is 0 Å². The molecular weight excluding hydrogens is 729 g/mol. The molecular formula is C58H66O2. The van der Waals surface area contributed by atoms with Crippen LogP contribution in [0.25, 0.3) is 43.8 Å². The van der Waals surface area contributed by atoms with E-state index in [-0.39, 0.29) is 0 Å². The molecule has 2 nitrogen and oxygen atoms in total. The van der Waals surface area contributed by atoms with Crippen LogP contribution in [-0.2, 0) is 12.8 Å². The lowest BCUT2D eigenvalue weighted by Gasteiger charge is -2.18. The molecule has 0 heterocycles. The summed E-state index contributed by atoms with van der Waals surface area (Å²) in [5.41, 5.74) is 10.2. The summed E-state index contributed by atoms with van der Waals surface area (Å²) in [5, 5.41) is 4.97. The highest BCUT2D eigenvalue weighted by Gasteiger charge is 2.18. The van der Waals surface area contributed by atoms with Gasteiger partial charge in [-0.15, -0.1) is 0 Å². The van der Waals surface area contributed by atoms with Gasteiger partial charge in [-0.25, -0.2) is 0 Å². The fourth-order valence-corrected chi connectivity index (χ4v) is 9.08. The Balaban J connectivity index is 1.11. The number of hydrogen-bond donors (Lipinski definition) is 0. The largest absolute Gasteiger partial charge is 0.457 e. The maximum atomic E-state index is 6.63. The van der Waals surface area contributed by atoms with Crippen molar-refractivity contribution in [3.8, 4) is 45.3 Å². The summed E-state index contributed by atoms with van der Waals surface area (Å²) in [6, 6.07) is 48.2. The Morgan fingerprint density at radius 1 is 0.333 bits per heavy atom. The number of rotatable bonds is 22. The standard InChI is InChI=1S/C58H66O2/c1-5-7-9-11-13-15-17-27-49-43(3)25-23-33-55(49)59-47-39-35-45(36-40-47)57-51-29-19-21-31-53(51)58(54-32-22-20-30-52(54)57)46-37-41-48(42-38-46)60-56-34-24-26-44(4)50(56)28-18-16-14-12-10-8-6-2/h19-26,29-42H,5-18,27-28H2,1-4H3. The Kier molecular flexibility index (Phi) is 15.5. The Morgan fingerprint density at radius 2 is 0.667 bits per heavy atom. The van der Waals surface area contributed by atoms with E-state index in [2.05, 4.69) is 161 Å². The summed E-state index contributed by atoms with van der Waals surface area (Å²) < 4.78 is 13.3. The first-order valence-electron chi connectivity index (χ1n) is 23.2. The van der Waals surface area contributed by atoms with Crippen LogP contribution in [0.4, 0.5) is 0 Å². The molecule has 0 fully saturated rings. The SMILES string of the molecule is CCCCCCCCCc1c(C)cccc1Oc1ccc(-c2c3ccccc3c(-c3ccc(Oc4cccc(C)c4CCCCCCCCC)cc3)c3ccccc23)cc1. The van der Waals surface area contributed by atoms with Gasteiger partial charge in [0.2, 0.25) is 0 Å². The summed E-state index contributed by atoms with van der Waals surface area (Å²) in [7, 11) is 0. The van der Waals surface area contributed by atoms with E-state index in [1.54, 1.807) is 0 Å². The Bertz CT molecular complexity index is 2190. The van der Waals surface area contributed by atoms with Crippen LogP contribution in [0, 0.1) is 13.8 Å². The lowest BCUT2D eigenvalue weighted by atomic mass is 9.86. The fourth-order valence-electron chi connectivity index (χ4n) is 9.08. The van der Waals surface area contributed by atoms with E-state index < -0.39 is 0 Å². The maximum Gasteiger partial charge on any atom is 0.130 e. The molecule has 310 valence electrons. The summed E-state index contributed by atoms with van der Waals surface area (Å²) in [4.78, 5) is 0. The average Bonchev–Trinajstić information content (AvgIpc) is 3.27. The summed E-state index contributed by atoms with van der Waals surface area (Å²) in [5.74, 6) is 3.70. The maximum absolute atomic E-state index is 6.63. The first-order valence-corrected chi connectivity index (χ1v) is 23.2. The van der Waals surface area contributed by atoms with Crippen molar-refractivity contribution in [2.24, 2.45) is 0 Å². The molecule has 0 saturated heterocycles. The topological polar surface area (TPSA) is 18.5 Å². The highest BCUT2D eigenvalue weighted by atomic mass is 16.5. The van der Waals surface area contributed by atoms with Crippen LogP contribution in [-0.4, -0.2) is 0 Å². The number of aryl methyl sites for hydroxylation is 2. The van der Waals surface area contributed by atoms with Crippen LogP contribution in [0.5, 0.6) is 23.0 Å². The van der Waals surface area contributed by atoms with Crippen molar-refractivity contribution in [1.29, 1.82) is 0 Å². The minimum Gasteiger partial charge on any atom is -0.457 e. The van der Waals surface area contributed by atoms with E-state index in [9.17, 15) is 0 Å². The molecule has 0 amide bonds. The van der Waals surface area contributed by atoms with E-state index in [0.717, 1.165) is 35.8 Å². The third kappa shape index (κ3) is 10.7. The lowest BCUT2D eigenvalue weighted by molar-refractivity contribution is 0.473. The summed E-state index contributed by atoms with van der Waals surface area (Å²) in [6.07, 6.45) is 20.4. The molecule has 7 rings (SSSR count). The first kappa shape index (κ1) is 42.8. The molecule has 60 heavy (non-hydrogen) atoms. The van der Waals surface area contributed by atoms with Gasteiger partial charge in [0.25, 0.3) is 0 Å². The predicted molar refractivity (Wildman–Crippen MR) is 258 cm³/mol. The smallest absolute Gasteiger partial charge is 0.130 e. The second-order valence-corrected chi connectivity index (χ2v) is 16.9. The van der Waals surface area contributed by atoms with Gasteiger partial charge >= 0.3 is 0 Å². The fraction of sp³-hybridized carbons (Fsp3) is 0.345. The Labute approximate surface area is 361 Å². The predicted octanol–water partition coefficient (Wildman–Crippen LogP) is 18.1. The third-order valence-corrected chi connectivity index (χ3v) is 12.5. The minimum atomic E-state index is 0.869. The van der Waals surface area contributed by atoms with E-state index in [1.807, 2.05) is 0 Å². The van der Waals surface area contributed by atoms with Crippen molar-refractivity contribution < 1.29 is 9.47 Å². The van der Waals surface area contributed by atoms with Gasteiger partial charge < -0.3 is 9.47 Å². The van der Waals surface area contributed by atoms with Crippen molar-refractivity contribution in [1.82, 2.24) is 0 Å². The van der Waals surface area contributed by atoms with Gasteiger partial charge in [0.1, 0.15) is 23.0 Å². The van der Waals surface area contributed by atoms with Crippen LogP contribution in [0.2, 0.25) is 0 Å². The molecule has 7 aromatic carbocycles. The number of ether oxygens (including phenoxy) is 2. The van der Waals surface area contributed by atoms with E-state index >= 15 is 0 Å². The molecule has 7 aromatic rings. The zero-order valence-electron chi connectivity index (χ0n) is 36.8. The molecule has 0 aromatic heterocycles. The zero-order chi connectivity index (χ0) is 41.5. The van der Waals surface area contributed by atoms with Crippen LogP contribution < -0.4 is 9.47 Å². The second kappa shape index (κ2) is 21.8. The van der Waals surface area contributed by atoms with Crippen LogP contribution in [0.3, 0.4) is 0 Å². The quantitative estimate of drug-likeness (QED) is 0.0503. The van der Waals surface area contributed by atoms with Gasteiger partial charge in [0, 0.05) is 0 Å². The molecule has 0 aliphatic rings. The minimum absolute atomic E-state index is 0.869. The highest BCUT2D eigenvalue weighted by Crippen LogP contribution is 2.44. The van der Waals surface area contributed by atoms with Gasteiger partial charge in [0.15, 0.2) is 0 Å². The Hall–Kier alpha value is -5.34. The first-order chi connectivity index (χ1) is 29.6. The lowest BCUT2D eigenvalue weighted by Crippen LogP contribution is -1.96. The van der Waals surface area contributed by atoms with E-state index in [1.165, 1.54) is 156 Å². The third-order valence-electron chi connectivity index (χ3n) is 12.5. The second-order valence-electron chi connectivity index (χ2n) is 16.9. The van der Waals surface area contributed by atoms with Gasteiger partial charge in [-0.05, 0) is 142 Å². The van der Waals surface area contributed by atoms with E-state index in [0.29, 0.717) is 0 Å². The van der Waals surface area contributed by atoms with Gasteiger partial charge in [-0.3, -0.25) is 0 Å². The van der Waals surface area contributed by atoms with E-state index in [4.69, 9.17) is 9.47 Å². The van der Waals surface area contributed by atoms with Gasteiger partial charge in [0.05, 0.1) is 0 Å². The molecule has 0 unspecified atom stereocenters. The zero-order valence-corrected chi connectivity index (χ0v) is 36.8. The molecule has 0 spiro atoms. The molecule has 0 bridgehead atoms. The molecule has 2 heteroatoms. The molecule has 0 radical (unpaired) electrons. The molecule has 0 saturated carbocycles. The summed E-state index contributed by atoms with van der Waals surface area (Å²) in [6.45, 7) is 9.00. The van der Waals surface area contributed by atoms with Gasteiger partial charge in [-0.1, -0.05) is 188 Å². The van der Waals surface area contributed by atoms with Crippen molar-refractivity contribution >= 4 is 21.5 Å². The highest BCUT2D eigenvalue weighted by molar-refractivity contribution is 6.21. The summed E-state index contributed by atoms with van der Waals surface area (Å²) >= 11 is 0. The van der Waals surface area contributed by atoms with Crippen molar-refractivity contribution in [3.05, 3.63) is 156 Å². The van der Waals surface area contributed by atoms with Crippen molar-refractivity contribution in [2.75, 3.05) is 0 Å². The molecule has 0 N–H and O–H groups in total. The van der Waals surface area contributed by atoms with Crippen LogP contribution >= 0.6 is 0 Å². The number of hydrogen-bond acceptors (Lipinski definition) is 2.